The van der Waals surface area contributed by atoms with Crippen molar-refractivity contribution in [1.29, 1.82) is 0 Å². The minimum atomic E-state index is -1.03. The number of carbonyl (C=O) groups excluding carboxylic acids is 1. The molecule has 0 aliphatic heterocycles. The summed E-state index contributed by atoms with van der Waals surface area (Å²) in [4.78, 5) is 22.4. The predicted octanol–water partition coefficient (Wildman–Crippen LogP) is 1.91. The molecule has 1 unspecified atom stereocenters. The molecule has 0 spiro atoms. The molecule has 1 rings (SSSR count). The van der Waals surface area contributed by atoms with Gasteiger partial charge < -0.3 is 15.7 Å². The number of urea groups is 1. The zero-order valence-electron chi connectivity index (χ0n) is 10.5. The van der Waals surface area contributed by atoms with Crippen LogP contribution in [0.5, 0.6) is 0 Å². The van der Waals surface area contributed by atoms with Gasteiger partial charge in [-0.2, -0.15) is 0 Å². The van der Waals surface area contributed by atoms with Crippen LogP contribution in [0.1, 0.15) is 31.9 Å². The van der Waals surface area contributed by atoms with E-state index in [4.69, 9.17) is 5.11 Å². The maximum Gasteiger partial charge on any atom is 0.326 e. The lowest BCUT2D eigenvalue weighted by Crippen LogP contribution is -2.46. The number of carbonyl (C=O) groups is 2. The highest BCUT2D eigenvalue weighted by atomic mass is 16.4. The summed E-state index contributed by atoms with van der Waals surface area (Å²) in [5.74, 6) is -1.03. The maximum atomic E-state index is 11.6. The number of aliphatic carboxylic acids is 1. The zero-order chi connectivity index (χ0) is 13.5. The van der Waals surface area contributed by atoms with E-state index in [2.05, 4.69) is 10.6 Å². The van der Waals surface area contributed by atoms with Crippen LogP contribution in [0, 0.1) is 0 Å². The van der Waals surface area contributed by atoms with Crippen molar-refractivity contribution in [1.82, 2.24) is 10.6 Å². The third kappa shape index (κ3) is 4.08. The van der Waals surface area contributed by atoms with E-state index in [9.17, 15) is 9.59 Å². The van der Waals surface area contributed by atoms with Gasteiger partial charge >= 0.3 is 12.0 Å². The molecule has 5 heteroatoms. The van der Waals surface area contributed by atoms with Crippen LogP contribution in [0.15, 0.2) is 30.3 Å². The molecule has 98 valence electrons. The smallest absolute Gasteiger partial charge is 0.326 e. The molecule has 0 heterocycles. The second-order valence-electron chi connectivity index (χ2n) is 4.05. The molecule has 0 saturated carbocycles. The van der Waals surface area contributed by atoms with Crippen molar-refractivity contribution in [3.8, 4) is 0 Å². The third-order valence-corrected chi connectivity index (χ3v) is 2.66. The fourth-order valence-electron chi connectivity index (χ4n) is 1.56. The summed E-state index contributed by atoms with van der Waals surface area (Å²) in [5, 5.41) is 14.0. The Morgan fingerprint density at radius 2 is 1.83 bits per heavy atom. The lowest BCUT2D eigenvalue weighted by molar-refractivity contribution is -0.139. The molecule has 0 fully saturated rings. The normalized spacial score (nSPS) is 13.4. The molecule has 3 N–H and O–H groups in total. The van der Waals surface area contributed by atoms with Crippen molar-refractivity contribution in [2.24, 2.45) is 0 Å². The van der Waals surface area contributed by atoms with Gasteiger partial charge in [0.2, 0.25) is 0 Å². The van der Waals surface area contributed by atoms with Crippen LogP contribution in [-0.2, 0) is 4.79 Å². The Bertz CT molecular complexity index is 406. The first-order valence-electron chi connectivity index (χ1n) is 5.89. The lowest BCUT2D eigenvalue weighted by Gasteiger charge is -2.17. The monoisotopic (exact) mass is 250 g/mol. The molecule has 0 aliphatic carbocycles. The molecule has 1 aromatic carbocycles. The highest BCUT2D eigenvalue weighted by Gasteiger charge is 2.18. The molecular formula is C13H18N2O3. The minimum Gasteiger partial charge on any atom is -0.480 e. The van der Waals surface area contributed by atoms with E-state index in [1.54, 1.807) is 6.92 Å². The van der Waals surface area contributed by atoms with Crippen molar-refractivity contribution in [2.45, 2.75) is 32.4 Å². The van der Waals surface area contributed by atoms with Gasteiger partial charge in [-0.15, -0.1) is 0 Å². The molecule has 1 aromatic rings. The predicted molar refractivity (Wildman–Crippen MR) is 68.2 cm³/mol. The largest absolute Gasteiger partial charge is 0.480 e. The summed E-state index contributed by atoms with van der Waals surface area (Å²) < 4.78 is 0. The molecule has 2 amide bonds. The Morgan fingerprint density at radius 3 is 2.33 bits per heavy atom. The number of benzene rings is 1. The van der Waals surface area contributed by atoms with Crippen LogP contribution >= 0.6 is 0 Å². The molecular weight excluding hydrogens is 232 g/mol. The molecule has 0 aromatic heterocycles. The highest BCUT2D eigenvalue weighted by molar-refractivity contribution is 5.82. The number of carboxylic acid groups (broad SMARTS) is 1. The van der Waals surface area contributed by atoms with E-state index in [0.717, 1.165) is 5.56 Å². The Hall–Kier alpha value is -2.04. The van der Waals surface area contributed by atoms with Gasteiger partial charge in [-0.1, -0.05) is 37.3 Å². The standard InChI is InChI=1S/C13H18N2O3/c1-3-11(12(16)17)15-13(18)14-9(2)10-7-5-4-6-8-10/h4-9,11H,3H2,1-2H3,(H,16,17)(H2,14,15,18)/t9?,11-/m0/s1. The van der Waals surface area contributed by atoms with Gasteiger partial charge in [0.1, 0.15) is 6.04 Å². The van der Waals surface area contributed by atoms with E-state index in [-0.39, 0.29) is 6.04 Å². The molecule has 0 aliphatic rings. The summed E-state index contributed by atoms with van der Waals surface area (Å²) in [6.07, 6.45) is 0.350. The first-order valence-corrected chi connectivity index (χ1v) is 5.89. The van der Waals surface area contributed by atoms with Crippen LogP contribution in [0.2, 0.25) is 0 Å². The van der Waals surface area contributed by atoms with Crippen LogP contribution in [0.3, 0.4) is 0 Å². The van der Waals surface area contributed by atoms with E-state index in [0.29, 0.717) is 6.42 Å². The zero-order valence-corrected chi connectivity index (χ0v) is 10.5. The van der Waals surface area contributed by atoms with Crippen LogP contribution in [-0.4, -0.2) is 23.1 Å². The number of hydrogen-bond acceptors (Lipinski definition) is 2. The average molecular weight is 250 g/mol. The SMILES string of the molecule is CC[C@H](NC(=O)NC(C)c1ccccc1)C(=O)O. The molecule has 5 nitrogen and oxygen atoms in total. The first kappa shape index (κ1) is 14.0. The number of amides is 2. The molecule has 0 saturated heterocycles. The average Bonchev–Trinajstić information content (AvgIpc) is 2.36. The van der Waals surface area contributed by atoms with Gasteiger partial charge in [-0.05, 0) is 18.9 Å². The Morgan fingerprint density at radius 1 is 1.22 bits per heavy atom. The fraction of sp³-hybridized carbons (Fsp3) is 0.385. The van der Waals surface area contributed by atoms with Crippen molar-refractivity contribution < 1.29 is 14.7 Å². The van der Waals surface area contributed by atoms with Gasteiger partial charge in [0.15, 0.2) is 0 Å². The lowest BCUT2D eigenvalue weighted by atomic mass is 10.1. The second kappa shape index (κ2) is 6.64. The van der Waals surface area contributed by atoms with Crippen LogP contribution in [0.25, 0.3) is 0 Å². The van der Waals surface area contributed by atoms with Crippen LogP contribution in [0.4, 0.5) is 4.79 Å². The van der Waals surface area contributed by atoms with Crippen molar-refractivity contribution in [3.05, 3.63) is 35.9 Å². The van der Waals surface area contributed by atoms with Gasteiger partial charge in [-0.25, -0.2) is 9.59 Å². The summed E-state index contributed by atoms with van der Waals surface area (Å²) in [5.41, 5.74) is 0.969. The van der Waals surface area contributed by atoms with Gasteiger partial charge in [0, 0.05) is 0 Å². The van der Waals surface area contributed by atoms with Crippen molar-refractivity contribution in [3.63, 3.8) is 0 Å². The number of nitrogens with one attached hydrogen (secondary N) is 2. The topological polar surface area (TPSA) is 78.4 Å². The summed E-state index contributed by atoms with van der Waals surface area (Å²) in [6, 6.07) is 7.98. The second-order valence-corrected chi connectivity index (χ2v) is 4.05. The summed E-state index contributed by atoms with van der Waals surface area (Å²) >= 11 is 0. The molecule has 18 heavy (non-hydrogen) atoms. The van der Waals surface area contributed by atoms with Gasteiger partial charge in [0.05, 0.1) is 6.04 Å². The fourth-order valence-corrected chi connectivity index (χ4v) is 1.56. The van der Waals surface area contributed by atoms with Crippen molar-refractivity contribution >= 4 is 12.0 Å². The first-order chi connectivity index (χ1) is 8.54. The number of rotatable bonds is 5. The summed E-state index contributed by atoms with van der Waals surface area (Å²) in [6.45, 7) is 3.55. The Kier molecular flexibility index (Phi) is 5.17. The number of hydrogen-bond donors (Lipinski definition) is 3. The van der Waals surface area contributed by atoms with E-state index < -0.39 is 18.0 Å². The number of carboxylic acids is 1. The maximum absolute atomic E-state index is 11.6. The van der Waals surface area contributed by atoms with E-state index in [1.807, 2.05) is 37.3 Å². The molecule has 2 atom stereocenters. The molecule has 0 bridgehead atoms. The Labute approximate surface area is 106 Å². The van der Waals surface area contributed by atoms with E-state index >= 15 is 0 Å². The van der Waals surface area contributed by atoms with Gasteiger partial charge in [-0.3, -0.25) is 0 Å². The van der Waals surface area contributed by atoms with Crippen molar-refractivity contribution in [2.75, 3.05) is 0 Å². The Balaban J connectivity index is 2.52. The van der Waals surface area contributed by atoms with Crippen LogP contribution < -0.4 is 10.6 Å². The summed E-state index contributed by atoms with van der Waals surface area (Å²) in [7, 11) is 0. The molecule has 0 radical (unpaired) electrons. The van der Waals surface area contributed by atoms with E-state index in [1.165, 1.54) is 0 Å². The minimum absolute atomic E-state index is 0.169. The van der Waals surface area contributed by atoms with Gasteiger partial charge in [0.25, 0.3) is 0 Å². The highest BCUT2D eigenvalue weighted by Crippen LogP contribution is 2.10. The quantitative estimate of drug-likeness (QED) is 0.747. The third-order valence-electron chi connectivity index (χ3n) is 2.66.